The Kier molecular flexibility index (Phi) is 7.23. The van der Waals surface area contributed by atoms with E-state index in [1.165, 1.54) is 0 Å². The fourth-order valence-electron chi connectivity index (χ4n) is 1.01. The number of carbonyl (C=O) groups excluding carboxylic acids is 1. The van der Waals surface area contributed by atoms with Crippen molar-refractivity contribution in [2.75, 3.05) is 6.61 Å². The first-order valence-corrected chi connectivity index (χ1v) is 4.76. The van der Waals surface area contributed by atoms with E-state index in [1.807, 2.05) is 13.0 Å². The average molecular weight is 225 g/mol. The van der Waals surface area contributed by atoms with E-state index in [9.17, 15) is 4.79 Å². The maximum atomic E-state index is 10.9. The summed E-state index contributed by atoms with van der Waals surface area (Å²) in [6.07, 6.45) is 0.910. The Hall–Kier alpha value is -2.04. The summed E-state index contributed by atoms with van der Waals surface area (Å²) in [6.45, 7) is 2.36. The lowest BCUT2D eigenvalue weighted by molar-refractivity contribution is -0.122. The monoisotopic (exact) mass is 225 g/mol. The van der Waals surface area contributed by atoms with Crippen LogP contribution in [-0.2, 0) is 4.79 Å². The van der Waals surface area contributed by atoms with Gasteiger partial charge in [-0.1, -0.05) is 19.1 Å². The number of amides is 1. The Morgan fingerprint density at radius 3 is 2.56 bits per heavy atom. The molecular formula is C11H15NO4. The predicted molar refractivity (Wildman–Crippen MR) is 59.4 cm³/mol. The van der Waals surface area contributed by atoms with Crippen molar-refractivity contribution < 1.29 is 19.4 Å². The van der Waals surface area contributed by atoms with Crippen molar-refractivity contribution in [3.8, 4) is 5.75 Å². The van der Waals surface area contributed by atoms with Crippen LogP contribution in [0.1, 0.15) is 23.7 Å². The quantitative estimate of drug-likeness (QED) is 0.755. The van der Waals surface area contributed by atoms with Crippen LogP contribution in [0.2, 0.25) is 0 Å². The van der Waals surface area contributed by atoms with Gasteiger partial charge in [0.2, 0.25) is 0 Å². The van der Waals surface area contributed by atoms with E-state index >= 15 is 0 Å². The van der Waals surface area contributed by atoms with Crippen molar-refractivity contribution in [3.05, 3.63) is 29.8 Å². The third-order valence-corrected chi connectivity index (χ3v) is 1.61. The van der Waals surface area contributed by atoms with Gasteiger partial charge < -0.3 is 15.6 Å². The summed E-state index contributed by atoms with van der Waals surface area (Å²) in [5.74, 6) is 0.114. The minimum atomic E-state index is -0.452. The van der Waals surface area contributed by atoms with Crippen LogP contribution in [0.15, 0.2) is 24.3 Å². The van der Waals surface area contributed by atoms with Gasteiger partial charge in [-0.15, -0.1) is 0 Å². The minimum Gasteiger partial charge on any atom is -0.493 e. The third-order valence-electron chi connectivity index (χ3n) is 1.61. The molecule has 3 N–H and O–H groups in total. The highest BCUT2D eigenvalue weighted by molar-refractivity contribution is 5.95. The standard InChI is InChI=1S/C10H13NO2.CH2O2/c1-2-7-13-9-6-4-3-5-8(9)10(11)12;2-1-3/h3-6H,2,7H2,1H3,(H2,11,12);1H,(H,2,3). The topological polar surface area (TPSA) is 89.6 Å². The highest BCUT2D eigenvalue weighted by Crippen LogP contribution is 2.16. The number of primary amides is 1. The van der Waals surface area contributed by atoms with Crippen LogP contribution in [0.4, 0.5) is 0 Å². The molecule has 0 saturated heterocycles. The van der Waals surface area contributed by atoms with Crippen LogP contribution in [0.3, 0.4) is 0 Å². The second-order valence-electron chi connectivity index (χ2n) is 2.81. The molecule has 0 spiro atoms. The molecule has 0 bridgehead atoms. The van der Waals surface area contributed by atoms with Gasteiger partial charge in [-0.2, -0.15) is 0 Å². The lowest BCUT2D eigenvalue weighted by atomic mass is 10.2. The van der Waals surface area contributed by atoms with E-state index in [-0.39, 0.29) is 6.47 Å². The fourth-order valence-corrected chi connectivity index (χ4v) is 1.01. The van der Waals surface area contributed by atoms with Gasteiger partial charge in [-0.25, -0.2) is 0 Å². The van der Waals surface area contributed by atoms with Gasteiger partial charge in [0.15, 0.2) is 0 Å². The molecule has 1 rings (SSSR count). The molecule has 1 amide bonds. The summed E-state index contributed by atoms with van der Waals surface area (Å²) in [5.41, 5.74) is 5.61. The van der Waals surface area contributed by atoms with Crippen molar-refractivity contribution in [2.45, 2.75) is 13.3 Å². The number of hydrogen-bond acceptors (Lipinski definition) is 3. The summed E-state index contributed by atoms with van der Waals surface area (Å²) in [5, 5.41) is 6.89. The average Bonchev–Trinajstić information content (AvgIpc) is 2.27. The van der Waals surface area contributed by atoms with Crippen LogP contribution in [0.25, 0.3) is 0 Å². The van der Waals surface area contributed by atoms with Crippen molar-refractivity contribution in [1.29, 1.82) is 0 Å². The number of benzene rings is 1. The molecule has 0 saturated carbocycles. The maximum absolute atomic E-state index is 10.9. The molecule has 1 aromatic rings. The molecule has 0 unspecified atom stereocenters. The zero-order chi connectivity index (χ0) is 12.4. The first-order chi connectivity index (χ1) is 7.67. The Morgan fingerprint density at radius 1 is 1.50 bits per heavy atom. The number of carbonyl (C=O) groups is 2. The van der Waals surface area contributed by atoms with Gasteiger partial charge >= 0.3 is 0 Å². The zero-order valence-corrected chi connectivity index (χ0v) is 9.05. The van der Waals surface area contributed by atoms with E-state index in [4.69, 9.17) is 20.4 Å². The summed E-state index contributed by atoms with van der Waals surface area (Å²) in [6, 6.07) is 6.99. The van der Waals surface area contributed by atoms with E-state index in [1.54, 1.807) is 18.2 Å². The molecule has 5 nitrogen and oxygen atoms in total. The molecule has 0 aliphatic carbocycles. The summed E-state index contributed by atoms with van der Waals surface area (Å²) < 4.78 is 5.35. The van der Waals surface area contributed by atoms with Crippen molar-refractivity contribution in [2.24, 2.45) is 5.73 Å². The second-order valence-corrected chi connectivity index (χ2v) is 2.81. The molecule has 5 heteroatoms. The molecule has 1 aromatic carbocycles. The van der Waals surface area contributed by atoms with Crippen LogP contribution >= 0.6 is 0 Å². The molecule has 0 fully saturated rings. The lowest BCUT2D eigenvalue weighted by Gasteiger charge is -2.07. The molecular weight excluding hydrogens is 210 g/mol. The van der Waals surface area contributed by atoms with E-state index in [0.717, 1.165) is 6.42 Å². The van der Waals surface area contributed by atoms with Crippen LogP contribution < -0.4 is 10.5 Å². The van der Waals surface area contributed by atoms with Crippen molar-refractivity contribution in [1.82, 2.24) is 0 Å². The number of para-hydroxylation sites is 1. The Morgan fingerprint density at radius 2 is 2.06 bits per heavy atom. The molecule has 16 heavy (non-hydrogen) atoms. The van der Waals surface area contributed by atoms with Crippen LogP contribution in [0, 0.1) is 0 Å². The minimum absolute atomic E-state index is 0.250. The van der Waals surface area contributed by atoms with Crippen molar-refractivity contribution >= 4 is 12.4 Å². The molecule has 0 heterocycles. The van der Waals surface area contributed by atoms with Gasteiger partial charge in [0.1, 0.15) is 5.75 Å². The molecule has 0 aliphatic rings. The number of rotatable bonds is 4. The molecule has 0 aromatic heterocycles. The molecule has 88 valence electrons. The smallest absolute Gasteiger partial charge is 0.290 e. The first-order valence-electron chi connectivity index (χ1n) is 4.76. The summed E-state index contributed by atoms with van der Waals surface area (Å²) in [4.78, 5) is 19.3. The Balaban J connectivity index is 0.000000673. The maximum Gasteiger partial charge on any atom is 0.290 e. The lowest BCUT2D eigenvalue weighted by Crippen LogP contribution is -2.13. The zero-order valence-electron chi connectivity index (χ0n) is 9.05. The third kappa shape index (κ3) is 4.99. The predicted octanol–water partition coefficient (Wildman–Crippen LogP) is 1.28. The van der Waals surface area contributed by atoms with Gasteiger partial charge in [0.25, 0.3) is 12.4 Å². The second kappa shape index (κ2) is 8.28. The molecule has 0 atom stereocenters. The highest BCUT2D eigenvalue weighted by Gasteiger charge is 2.06. The van der Waals surface area contributed by atoms with Gasteiger partial charge in [-0.05, 0) is 18.6 Å². The number of nitrogens with two attached hydrogens (primary N) is 1. The Bertz CT molecular complexity index is 339. The van der Waals surface area contributed by atoms with E-state index in [0.29, 0.717) is 17.9 Å². The fraction of sp³-hybridized carbons (Fsp3) is 0.273. The summed E-state index contributed by atoms with van der Waals surface area (Å²) in [7, 11) is 0. The molecule has 0 aliphatic heterocycles. The number of hydrogen-bond donors (Lipinski definition) is 2. The largest absolute Gasteiger partial charge is 0.493 e. The number of ether oxygens (including phenoxy) is 1. The van der Waals surface area contributed by atoms with Crippen LogP contribution in [-0.4, -0.2) is 24.1 Å². The van der Waals surface area contributed by atoms with E-state index < -0.39 is 5.91 Å². The van der Waals surface area contributed by atoms with Gasteiger partial charge in [-0.3, -0.25) is 9.59 Å². The normalized spacial score (nSPS) is 8.56. The first kappa shape index (κ1) is 14.0. The van der Waals surface area contributed by atoms with Gasteiger partial charge in [0.05, 0.1) is 12.2 Å². The highest BCUT2D eigenvalue weighted by atomic mass is 16.5. The SMILES string of the molecule is CCCOc1ccccc1C(N)=O.O=CO. The Labute approximate surface area is 93.8 Å². The summed E-state index contributed by atoms with van der Waals surface area (Å²) >= 11 is 0. The molecule has 0 radical (unpaired) electrons. The van der Waals surface area contributed by atoms with E-state index in [2.05, 4.69) is 0 Å². The van der Waals surface area contributed by atoms with Crippen molar-refractivity contribution in [3.63, 3.8) is 0 Å². The van der Waals surface area contributed by atoms with Gasteiger partial charge in [0, 0.05) is 0 Å². The number of carboxylic acid groups (broad SMARTS) is 1. The van der Waals surface area contributed by atoms with Crippen LogP contribution in [0.5, 0.6) is 5.75 Å².